The van der Waals surface area contributed by atoms with Gasteiger partial charge in [0.25, 0.3) is 0 Å². The molecule has 5 nitrogen and oxygen atoms in total. The molecule has 0 spiro atoms. The van der Waals surface area contributed by atoms with Crippen molar-refractivity contribution in [3.05, 3.63) is 28.8 Å². The Morgan fingerprint density at radius 3 is 2.48 bits per heavy atom. The van der Waals surface area contributed by atoms with E-state index in [1.165, 1.54) is 0 Å². The van der Waals surface area contributed by atoms with Crippen LogP contribution in [0.4, 0.5) is 5.69 Å². The highest BCUT2D eigenvalue weighted by Gasteiger charge is 2.24. The smallest absolute Gasteiger partial charge is 0.124 e. The van der Waals surface area contributed by atoms with Crippen LogP contribution in [-0.2, 0) is 0 Å². The van der Waals surface area contributed by atoms with Crippen molar-refractivity contribution in [2.24, 2.45) is 5.73 Å². The van der Waals surface area contributed by atoms with Gasteiger partial charge in [-0.15, -0.1) is 0 Å². The molecule has 0 saturated carbocycles. The number of halogens is 1. The third-order valence-corrected chi connectivity index (χ3v) is 3.81. The quantitative estimate of drug-likeness (QED) is 0.582. The third-order valence-electron chi connectivity index (χ3n) is 3.57. The summed E-state index contributed by atoms with van der Waals surface area (Å²) in [5.74, 6) is 0.0561. The molecule has 0 amide bonds. The first-order chi connectivity index (χ1) is 9.76. The van der Waals surface area contributed by atoms with E-state index in [0.29, 0.717) is 11.6 Å². The van der Waals surface area contributed by atoms with E-state index in [2.05, 4.69) is 9.80 Å². The van der Waals surface area contributed by atoms with Crippen molar-refractivity contribution in [1.29, 1.82) is 5.41 Å². The number of anilines is 1. The van der Waals surface area contributed by atoms with Crippen molar-refractivity contribution >= 4 is 23.1 Å². The molecule has 6 heteroatoms. The molecule has 2 rings (SSSR count). The summed E-state index contributed by atoms with van der Waals surface area (Å²) in [4.78, 5) is 4.44. The van der Waals surface area contributed by atoms with Gasteiger partial charge < -0.3 is 15.7 Å². The van der Waals surface area contributed by atoms with Gasteiger partial charge in [0.05, 0.1) is 5.60 Å². The van der Waals surface area contributed by atoms with E-state index in [1.54, 1.807) is 12.1 Å². The van der Waals surface area contributed by atoms with Crippen molar-refractivity contribution in [3.63, 3.8) is 0 Å². The first kappa shape index (κ1) is 16.1. The summed E-state index contributed by atoms with van der Waals surface area (Å²) in [6.45, 7) is 7.71. The maximum atomic E-state index is 9.89. The maximum absolute atomic E-state index is 9.89. The molecule has 1 aliphatic rings. The van der Waals surface area contributed by atoms with Crippen LogP contribution >= 0.6 is 11.6 Å². The van der Waals surface area contributed by atoms with Gasteiger partial charge in [-0.25, -0.2) is 0 Å². The number of rotatable bonds is 4. The fourth-order valence-corrected chi connectivity index (χ4v) is 2.85. The number of nitrogens with one attached hydrogen (secondary N) is 1. The summed E-state index contributed by atoms with van der Waals surface area (Å²) in [6.07, 6.45) is 0. The second-order valence-corrected chi connectivity index (χ2v) is 6.59. The molecule has 0 bridgehead atoms. The predicted molar refractivity (Wildman–Crippen MR) is 87.4 cm³/mol. The molecular weight excluding hydrogens is 288 g/mol. The Bertz CT molecular complexity index is 519. The Balaban J connectivity index is 2.09. The van der Waals surface area contributed by atoms with E-state index in [1.807, 2.05) is 19.9 Å². The Labute approximate surface area is 130 Å². The topological polar surface area (TPSA) is 76.6 Å². The van der Waals surface area contributed by atoms with Gasteiger partial charge in [0.15, 0.2) is 0 Å². The van der Waals surface area contributed by atoms with Crippen LogP contribution < -0.4 is 10.6 Å². The van der Waals surface area contributed by atoms with Gasteiger partial charge in [-0.05, 0) is 32.0 Å². The largest absolute Gasteiger partial charge is 0.389 e. The van der Waals surface area contributed by atoms with Gasteiger partial charge in [0.1, 0.15) is 5.84 Å². The molecule has 116 valence electrons. The van der Waals surface area contributed by atoms with E-state index in [0.717, 1.165) is 37.4 Å². The van der Waals surface area contributed by atoms with Crippen molar-refractivity contribution in [2.75, 3.05) is 37.6 Å². The van der Waals surface area contributed by atoms with E-state index < -0.39 is 5.60 Å². The van der Waals surface area contributed by atoms with E-state index in [4.69, 9.17) is 22.7 Å². The summed E-state index contributed by atoms with van der Waals surface area (Å²) < 4.78 is 0. The van der Waals surface area contributed by atoms with Gasteiger partial charge in [0, 0.05) is 49.0 Å². The molecule has 0 radical (unpaired) electrons. The summed E-state index contributed by atoms with van der Waals surface area (Å²) in [6, 6.07) is 5.42. The van der Waals surface area contributed by atoms with Gasteiger partial charge in [-0.1, -0.05) is 11.6 Å². The average Bonchev–Trinajstić information content (AvgIpc) is 2.37. The number of amidine groups is 1. The minimum atomic E-state index is -0.678. The molecule has 0 aromatic heterocycles. The standard InChI is InChI=1S/C15H23ClN4O/c1-15(2,21)10-19-5-7-20(8-6-19)13-9-11(16)3-4-12(13)14(17)18/h3-4,9,21H,5-8,10H2,1-2H3,(H3,17,18). The van der Waals surface area contributed by atoms with Crippen LogP contribution in [0.5, 0.6) is 0 Å². The monoisotopic (exact) mass is 310 g/mol. The van der Waals surface area contributed by atoms with E-state index in [-0.39, 0.29) is 5.84 Å². The highest BCUT2D eigenvalue weighted by Crippen LogP contribution is 2.26. The Kier molecular flexibility index (Phi) is 4.76. The summed E-state index contributed by atoms with van der Waals surface area (Å²) in [5, 5.41) is 18.2. The van der Waals surface area contributed by atoms with Gasteiger partial charge in [0.2, 0.25) is 0 Å². The second-order valence-electron chi connectivity index (χ2n) is 6.15. The lowest BCUT2D eigenvalue weighted by atomic mass is 10.1. The van der Waals surface area contributed by atoms with Crippen LogP contribution in [0.3, 0.4) is 0 Å². The van der Waals surface area contributed by atoms with Crippen molar-refractivity contribution < 1.29 is 5.11 Å². The molecule has 1 aliphatic heterocycles. The number of piperazine rings is 1. The lowest BCUT2D eigenvalue weighted by molar-refractivity contribution is 0.0345. The van der Waals surface area contributed by atoms with Crippen LogP contribution in [-0.4, -0.2) is 54.2 Å². The molecule has 1 saturated heterocycles. The fraction of sp³-hybridized carbons (Fsp3) is 0.533. The summed E-state index contributed by atoms with van der Waals surface area (Å²) in [7, 11) is 0. The lowest BCUT2D eigenvalue weighted by Crippen LogP contribution is -2.50. The van der Waals surface area contributed by atoms with Crippen molar-refractivity contribution in [2.45, 2.75) is 19.4 Å². The van der Waals surface area contributed by atoms with Gasteiger partial charge >= 0.3 is 0 Å². The van der Waals surface area contributed by atoms with E-state index >= 15 is 0 Å². The van der Waals surface area contributed by atoms with Crippen LogP contribution in [0.2, 0.25) is 5.02 Å². The number of aliphatic hydroxyl groups is 1. The zero-order valence-electron chi connectivity index (χ0n) is 12.6. The minimum Gasteiger partial charge on any atom is -0.389 e. The molecular formula is C15H23ClN4O. The molecule has 1 aromatic rings. The average molecular weight is 311 g/mol. The number of β-amino-alcohol motifs (C(OH)–C–C–N with tert-alkyl or cyclic N) is 1. The Morgan fingerprint density at radius 1 is 1.33 bits per heavy atom. The molecule has 0 atom stereocenters. The number of hydrogen-bond donors (Lipinski definition) is 3. The minimum absolute atomic E-state index is 0.0561. The van der Waals surface area contributed by atoms with Crippen LogP contribution in [0, 0.1) is 5.41 Å². The number of benzene rings is 1. The van der Waals surface area contributed by atoms with Gasteiger partial charge in [-0.3, -0.25) is 10.3 Å². The highest BCUT2D eigenvalue weighted by molar-refractivity contribution is 6.31. The Morgan fingerprint density at radius 2 is 1.95 bits per heavy atom. The summed E-state index contributed by atoms with van der Waals surface area (Å²) in [5.41, 5.74) is 6.61. The molecule has 1 fully saturated rings. The van der Waals surface area contributed by atoms with Crippen LogP contribution in [0.15, 0.2) is 18.2 Å². The first-order valence-electron chi connectivity index (χ1n) is 7.10. The van der Waals surface area contributed by atoms with Gasteiger partial charge in [-0.2, -0.15) is 0 Å². The number of nitrogens with zero attached hydrogens (tertiary/aromatic N) is 2. The zero-order valence-corrected chi connectivity index (χ0v) is 13.3. The third kappa shape index (κ3) is 4.33. The SMILES string of the molecule is CC(C)(O)CN1CCN(c2cc(Cl)ccc2C(=N)N)CC1. The van der Waals surface area contributed by atoms with Crippen LogP contribution in [0.1, 0.15) is 19.4 Å². The molecule has 1 aromatic carbocycles. The van der Waals surface area contributed by atoms with Crippen molar-refractivity contribution in [1.82, 2.24) is 4.90 Å². The summed E-state index contributed by atoms with van der Waals surface area (Å²) >= 11 is 6.08. The number of hydrogen-bond acceptors (Lipinski definition) is 4. The molecule has 1 heterocycles. The zero-order chi connectivity index (χ0) is 15.6. The first-order valence-corrected chi connectivity index (χ1v) is 7.48. The molecule has 0 unspecified atom stereocenters. The normalized spacial score (nSPS) is 17.0. The van der Waals surface area contributed by atoms with E-state index in [9.17, 15) is 5.11 Å². The van der Waals surface area contributed by atoms with Crippen LogP contribution in [0.25, 0.3) is 0 Å². The highest BCUT2D eigenvalue weighted by atomic mass is 35.5. The Hall–Kier alpha value is -1.30. The second kappa shape index (κ2) is 6.22. The predicted octanol–water partition coefficient (Wildman–Crippen LogP) is 1.52. The molecule has 0 aliphatic carbocycles. The number of nitrogen functional groups attached to an aromatic ring is 1. The lowest BCUT2D eigenvalue weighted by Gasteiger charge is -2.39. The fourth-order valence-electron chi connectivity index (χ4n) is 2.69. The van der Waals surface area contributed by atoms with Crippen molar-refractivity contribution in [3.8, 4) is 0 Å². The molecule has 21 heavy (non-hydrogen) atoms. The maximum Gasteiger partial charge on any atom is 0.124 e. The number of nitrogens with two attached hydrogens (primary N) is 1. The molecule has 4 N–H and O–H groups in total.